The molecule has 1 aliphatic heterocycles. The Bertz CT molecular complexity index is 802. The van der Waals surface area contributed by atoms with Gasteiger partial charge in [0.05, 0.1) is 18.0 Å². The van der Waals surface area contributed by atoms with E-state index in [2.05, 4.69) is 88.9 Å². The zero-order valence-corrected chi connectivity index (χ0v) is 21.4. The number of aliphatic imine (C=N–C) groups is 2. The van der Waals surface area contributed by atoms with Gasteiger partial charge in [0, 0.05) is 17.1 Å². The normalized spacial score (nSPS) is 20.6. The van der Waals surface area contributed by atoms with Crippen molar-refractivity contribution in [2.75, 3.05) is 19.5 Å². The molecule has 170 valence electrons. The van der Waals surface area contributed by atoms with Crippen molar-refractivity contribution in [1.82, 2.24) is 4.90 Å². The van der Waals surface area contributed by atoms with Gasteiger partial charge in [-0.05, 0) is 82.1 Å². The van der Waals surface area contributed by atoms with Crippen LogP contribution in [-0.4, -0.2) is 41.8 Å². The third kappa shape index (κ3) is 9.30. The topological polar surface area (TPSA) is 28.0 Å². The first-order valence-corrected chi connectivity index (χ1v) is 12.5. The van der Waals surface area contributed by atoms with E-state index in [0.29, 0.717) is 19.3 Å². The second-order valence-corrected chi connectivity index (χ2v) is 8.66. The van der Waals surface area contributed by atoms with Crippen LogP contribution in [0, 0.1) is 0 Å². The minimum atomic E-state index is 0.518. The molecule has 0 fully saturated rings. The highest BCUT2D eigenvalue weighted by Crippen LogP contribution is 2.25. The minimum absolute atomic E-state index is 0.518. The Kier molecular flexibility index (Phi) is 12.9. The average Bonchev–Trinajstić information content (AvgIpc) is 2.82. The largest absolute Gasteiger partial charge is 0.355 e. The van der Waals surface area contributed by atoms with Crippen molar-refractivity contribution in [2.45, 2.75) is 66.8 Å². The molecule has 0 radical (unpaired) electrons. The number of thioether (sulfide) groups is 1. The van der Waals surface area contributed by atoms with Crippen LogP contribution in [0.2, 0.25) is 0 Å². The van der Waals surface area contributed by atoms with Crippen LogP contribution in [0.1, 0.15) is 60.8 Å². The standard InChI is InChI=1S/C27H41N3S/c1-9-13-14-15-24(10-2)27(31-8)17-21(5)16-26-23(7)29-20-30(25(11-3)12-4)19-22(6)18-28-26/h9-10,13,15-17,19,25H,2,11-12,14,18,20H2,1,3-8H3/b13-9-,21-16+,22-19-,24-15+,27-17-,28-26?,29-23-. The van der Waals surface area contributed by atoms with Crippen LogP contribution in [0.5, 0.6) is 0 Å². The number of nitrogens with zero attached hydrogens (tertiary/aromatic N) is 3. The molecule has 0 saturated carbocycles. The lowest BCUT2D eigenvalue weighted by Gasteiger charge is -2.28. The average molecular weight is 440 g/mol. The summed E-state index contributed by atoms with van der Waals surface area (Å²) in [4.78, 5) is 13.3. The highest BCUT2D eigenvalue weighted by atomic mass is 32.2. The van der Waals surface area contributed by atoms with Gasteiger partial charge in [0.15, 0.2) is 0 Å². The maximum Gasteiger partial charge on any atom is 0.110 e. The Balaban J connectivity index is 3.20. The van der Waals surface area contributed by atoms with E-state index in [1.807, 2.05) is 13.0 Å². The van der Waals surface area contributed by atoms with E-state index in [0.717, 1.165) is 36.3 Å². The SMILES string of the molecule is C=CC(=C\C/C=C\C)/C(=C/C(C)=C/C1=NC/C(C)=C\N(C(CC)CC)C/N=C\1C)SC. The van der Waals surface area contributed by atoms with Crippen molar-refractivity contribution in [3.05, 3.63) is 70.9 Å². The molecule has 1 heterocycles. The van der Waals surface area contributed by atoms with E-state index >= 15 is 0 Å². The van der Waals surface area contributed by atoms with Gasteiger partial charge >= 0.3 is 0 Å². The van der Waals surface area contributed by atoms with Crippen LogP contribution in [0.25, 0.3) is 0 Å². The Morgan fingerprint density at radius 1 is 1.26 bits per heavy atom. The number of rotatable bonds is 10. The lowest BCUT2D eigenvalue weighted by molar-refractivity contribution is 0.267. The highest BCUT2D eigenvalue weighted by molar-refractivity contribution is 8.02. The zero-order valence-electron chi connectivity index (χ0n) is 20.6. The van der Waals surface area contributed by atoms with Crippen LogP contribution in [0.3, 0.4) is 0 Å². The summed E-state index contributed by atoms with van der Waals surface area (Å²) in [5, 5.41) is 0. The molecule has 1 rings (SSSR count). The second-order valence-electron chi connectivity index (χ2n) is 7.82. The van der Waals surface area contributed by atoms with Gasteiger partial charge < -0.3 is 4.90 Å². The van der Waals surface area contributed by atoms with Crippen molar-refractivity contribution in [3.63, 3.8) is 0 Å². The van der Waals surface area contributed by atoms with Crippen molar-refractivity contribution in [1.29, 1.82) is 0 Å². The molecular weight excluding hydrogens is 398 g/mol. The predicted molar refractivity (Wildman–Crippen MR) is 143 cm³/mol. The summed E-state index contributed by atoms with van der Waals surface area (Å²) in [6.45, 7) is 18.3. The summed E-state index contributed by atoms with van der Waals surface area (Å²) in [7, 11) is 0. The van der Waals surface area contributed by atoms with Gasteiger partial charge in [-0.25, -0.2) is 0 Å². The van der Waals surface area contributed by atoms with Crippen LogP contribution in [0.15, 0.2) is 80.8 Å². The van der Waals surface area contributed by atoms with Gasteiger partial charge in [-0.2, -0.15) is 0 Å². The third-order valence-electron chi connectivity index (χ3n) is 5.30. The molecule has 0 aromatic heterocycles. The molecule has 31 heavy (non-hydrogen) atoms. The highest BCUT2D eigenvalue weighted by Gasteiger charge is 2.13. The van der Waals surface area contributed by atoms with Gasteiger partial charge in [-0.1, -0.05) is 44.7 Å². The van der Waals surface area contributed by atoms with Crippen molar-refractivity contribution < 1.29 is 0 Å². The quantitative estimate of drug-likeness (QED) is 0.260. The molecule has 0 unspecified atom stereocenters. The fraction of sp³-hybridized carbons (Fsp3) is 0.481. The van der Waals surface area contributed by atoms with Crippen LogP contribution in [0.4, 0.5) is 0 Å². The van der Waals surface area contributed by atoms with Crippen LogP contribution < -0.4 is 0 Å². The molecule has 3 nitrogen and oxygen atoms in total. The third-order valence-corrected chi connectivity index (χ3v) is 6.09. The maximum absolute atomic E-state index is 4.88. The lowest BCUT2D eigenvalue weighted by atomic mass is 10.1. The smallest absolute Gasteiger partial charge is 0.110 e. The molecule has 4 heteroatoms. The van der Waals surface area contributed by atoms with Gasteiger partial charge in [-0.3, -0.25) is 9.98 Å². The predicted octanol–water partition coefficient (Wildman–Crippen LogP) is 7.53. The van der Waals surface area contributed by atoms with Gasteiger partial charge in [0.1, 0.15) is 6.67 Å². The summed E-state index contributed by atoms with van der Waals surface area (Å²) in [6.07, 6.45) is 20.3. The summed E-state index contributed by atoms with van der Waals surface area (Å²) in [6, 6.07) is 0.518. The molecule has 0 atom stereocenters. The first-order chi connectivity index (χ1) is 14.9. The summed E-state index contributed by atoms with van der Waals surface area (Å²) >= 11 is 1.74. The van der Waals surface area contributed by atoms with Crippen LogP contribution in [-0.2, 0) is 0 Å². The fourth-order valence-corrected chi connectivity index (χ4v) is 4.13. The molecule has 0 N–H and O–H groups in total. The van der Waals surface area contributed by atoms with Gasteiger partial charge in [0.25, 0.3) is 0 Å². The lowest BCUT2D eigenvalue weighted by Crippen LogP contribution is -2.30. The minimum Gasteiger partial charge on any atom is -0.355 e. The maximum atomic E-state index is 4.88. The Morgan fingerprint density at radius 2 is 1.97 bits per heavy atom. The number of hydrogen-bond acceptors (Lipinski definition) is 4. The number of allylic oxidation sites excluding steroid dienone is 8. The summed E-state index contributed by atoms with van der Waals surface area (Å²) < 4.78 is 0. The first-order valence-electron chi connectivity index (χ1n) is 11.3. The zero-order chi connectivity index (χ0) is 23.2. The van der Waals surface area contributed by atoms with E-state index in [9.17, 15) is 0 Å². The molecule has 0 bridgehead atoms. The molecule has 0 saturated heterocycles. The molecule has 0 aromatic carbocycles. The Labute approximate surface area is 195 Å². The molecule has 1 aliphatic rings. The Morgan fingerprint density at radius 3 is 2.55 bits per heavy atom. The van der Waals surface area contributed by atoms with Crippen LogP contribution >= 0.6 is 11.8 Å². The fourth-order valence-electron chi connectivity index (χ4n) is 3.43. The summed E-state index contributed by atoms with van der Waals surface area (Å²) in [5.74, 6) is 0. The first kappa shape index (κ1) is 27.0. The van der Waals surface area contributed by atoms with Gasteiger partial charge in [0.2, 0.25) is 0 Å². The van der Waals surface area contributed by atoms with Crippen molar-refractivity contribution in [3.8, 4) is 0 Å². The van der Waals surface area contributed by atoms with E-state index in [1.54, 1.807) is 11.8 Å². The molecule has 0 spiro atoms. The molecule has 0 amide bonds. The summed E-state index contributed by atoms with van der Waals surface area (Å²) in [5.41, 5.74) is 5.55. The Hall–Kier alpha value is -2.07. The molecular formula is C27H41N3S. The molecule has 0 aliphatic carbocycles. The van der Waals surface area contributed by atoms with Gasteiger partial charge in [-0.15, -0.1) is 11.8 Å². The monoisotopic (exact) mass is 439 g/mol. The second kappa shape index (κ2) is 14.9. The van der Waals surface area contributed by atoms with E-state index in [-0.39, 0.29) is 0 Å². The van der Waals surface area contributed by atoms with E-state index in [4.69, 9.17) is 9.98 Å². The van der Waals surface area contributed by atoms with Crippen molar-refractivity contribution >= 4 is 23.2 Å². The van der Waals surface area contributed by atoms with E-state index < -0.39 is 0 Å². The van der Waals surface area contributed by atoms with Crippen molar-refractivity contribution in [2.24, 2.45) is 9.98 Å². The molecule has 0 aromatic rings. The van der Waals surface area contributed by atoms with E-state index in [1.165, 1.54) is 16.1 Å². The number of hydrogen-bond donors (Lipinski definition) is 0.